The summed E-state index contributed by atoms with van der Waals surface area (Å²) >= 11 is 0. The third kappa shape index (κ3) is 4.09. The first-order valence-corrected chi connectivity index (χ1v) is 9.72. The summed E-state index contributed by atoms with van der Waals surface area (Å²) in [7, 11) is 4.11. The number of benzene rings is 2. The maximum atomic E-state index is 12.7. The van der Waals surface area contributed by atoms with Crippen molar-refractivity contribution < 1.29 is 9.59 Å². The number of urea groups is 1. The number of anilines is 2. The van der Waals surface area contributed by atoms with Crippen LogP contribution in [0.4, 0.5) is 16.2 Å². The first-order chi connectivity index (χ1) is 14.0. The summed E-state index contributed by atoms with van der Waals surface area (Å²) < 4.78 is 2.20. The zero-order chi connectivity index (χ0) is 20.4. The Balaban J connectivity index is 1.48. The van der Waals surface area contributed by atoms with Gasteiger partial charge in [0.1, 0.15) is 0 Å². The normalized spacial score (nSPS) is 13.9. The van der Waals surface area contributed by atoms with Crippen LogP contribution in [0.5, 0.6) is 0 Å². The first kappa shape index (κ1) is 19.0. The minimum absolute atomic E-state index is 0.104. The highest BCUT2D eigenvalue weighted by Gasteiger charge is 2.21. The van der Waals surface area contributed by atoms with Gasteiger partial charge in [0, 0.05) is 49.3 Å². The maximum absolute atomic E-state index is 12.7. The molecule has 1 aliphatic rings. The van der Waals surface area contributed by atoms with Gasteiger partial charge < -0.3 is 20.1 Å². The van der Waals surface area contributed by atoms with Gasteiger partial charge in [0.05, 0.1) is 5.52 Å². The molecule has 0 unspecified atom stereocenters. The van der Waals surface area contributed by atoms with Crippen molar-refractivity contribution in [2.75, 3.05) is 43.9 Å². The van der Waals surface area contributed by atoms with E-state index in [9.17, 15) is 9.59 Å². The van der Waals surface area contributed by atoms with Crippen LogP contribution in [0.1, 0.15) is 10.4 Å². The van der Waals surface area contributed by atoms with Crippen molar-refractivity contribution in [2.45, 2.75) is 6.54 Å². The molecule has 1 fully saturated rings. The van der Waals surface area contributed by atoms with Gasteiger partial charge in [-0.05, 0) is 61.9 Å². The minimum Gasteiger partial charge on any atom is -0.346 e. The highest BCUT2D eigenvalue weighted by atomic mass is 16.2. The Bertz CT molecular complexity index is 1040. The molecule has 0 bridgehead atoms. The van der Waals surface area contributed by atoms with Crippen molar-refractivity contribution in [3.05, 3.63) is 60.3 Å². The van der Waals surface area contributed by atoms with Crippen molar-refractivity contribution in [1.82, 2.24) is 14.8 Å². The van der Waals surface area contributed by atoms with Crippen molar-refractivity contribution in [2.24, 2.45) is 0 Å². The topological polar surface area (TPSA) is 69.6 Å². The second-order valence-electron chi connectivity index (χ2n) is 7.47. The average Bonchev–Trinajstić information content (AvgIpc) is 3.32. The summed E-state index contributed by atoms with van der Waals surface area (Å²) in [6.07, 6.45) is 2.08. The van der Waals surface area contributed by atoms with Crippen molar-refractivity contribution in [3.8, 4) is 0 Å². The SMILES string of the molecule is CN(C)CCn1ccc2ccc(NC(=O)c3ccc(N4CCNC4=O)cc3)cc21. The van der Waals surface area contributed by atoms with Crippen molar-refractivity contribution in [3.63, 3.8) is 0 Å². The molecule has 1 aromatic heterocycles. The molecule has 1 saturated heterocycles. The number of fused-ring (bicyclic) bond motifs is 1. The maximum Gasteiger partial charge on any atom is 0.321 e. The summed E-state index contributed by atoms with van der Waals surface area (Å²) in [6.45, 7) is 3.11. The molecule has 0 atom stereocenters. The van der Waals surface area contributed by atoms with Crippen LogP contribution in [0.15, 0.2) is 54.7 Å². The molecular weight excluding hydrogens is 366 g/mol. The highest BCUT2D eigenvalue weighted by molar-refractivity contribution is 6.05. The summed E-state index contributed by atoms with van der Waals surface area (Å²) in [5.74, 6) is -0.173. The Kier molecular flexibility index (Phi) is 5.22. The number of nitrogens with one attached hydrogen (secondary N) is 2. The molecule has 2 N–H and O–H groups in total. The van der Waals surface area contributed by atoms with E-state index >= 15 is 0 Å². The van der Waals surface area contributed by atoms with Gasteiger partial charge in [-0.1, -0.05) is 6.07 Å². The summed E-state index contributed by atoms with van der Waals surface area (Å²) in [6, 6.07) is 15.0. The van der Waals surface area contributed by atoms with E-state index < -0.39 is 0 Å². The van der Waals surface area contributed by atoms with Gasteiger partial charge in [-0.2, -0.15) is 0 Å². The van der Waals surface area contributed by atoms with Crippen LogP contribution < -0.4 is 15.5 Å². The van der Waals surface area contributed by atoms with E-state index in [2.05, 4.69) is 46.5 Å². The average molecular weight is 391 g/mol. The van der Waals surface area contributed by atoms with Gasteiger partial charge in [-0.15, -0.1) is 0 Å². The smallest absolute Gasteiger partial charge is 0.321 e. The van der Waals surface area contributed by atoms with Crippen LogP contribution >= 0.6 is 0 Å². The fourth-order valence-electron chi connectivity index (χ4n) is 3.48. The third-order valence-electron chi connectivity index (χ3n) is 5.12. The number of amides is 3. The zero-order valence-corrected chi connectivity index (χ0v) is 16.7. The molecule has 3 aromatic rings. The predicted octanol–water partition coefficient (Wildman–Crippen LogP) is 2.98. The Morgan fingerprint density at radius 3 is 2.62 bits per heavy atom. The Hall–Kier alpha value is -3.32. The number of aromatic nitrogens is 1. The monoisotopic (exact) mass is 391 g/mol. The Morgan fingerprint density at radius 1 is 1.14 bits per heavy atom. The van der Waals surface area contributed by atoms with Gasteiger partial charge in [0.25, 0.3) is 5.91 Å². The summed E-state index contributed by atoms with van der Waals surface area (Å²) in [4.78, 5) is 28.2. The number of carbonyl (C=O) groups excluding carboxylic acids is 2. The second-order valence-corrected chi connectivity index (χ2v) is 7.47. The molecule has 150 valence electrons. The van der Waals surface area contributed by atoms with E-state index in [4.69, 9.17) is 0 Å². The van der Waals surface area contributed by atoms with Gasteiger partial charge in [0.2, 0.25) is 0 Å². The van der Waals surface area contributed by atoms with Crippen LogP contribution in [0.2, 0.25) is 0 Å². The molecule has 0 spiro atoms. The molecule has 7 heteroatoms. The molecule has 4 rings (SSSR count). The summed E-state index contributed by atoms with van der Waals surface area (Å²) in [5.41, 5.74) is 3.20. The number of carbonyl (C=O) groups is 2. The number of hydrogen-bond acceptors (Lipinski definition) is 3. The molecule has 2 aromatic carbocycles. The lowest BCUT2D eigenvalue weighted by molar-refractivity contribution is 0.102. The summed E-state index contributed by atoms with van der Waals surface area (Å²) in [5, 5.41) is 6.90. The van der Waals surface area contributed by atoms with E-state index in [-0.39, 0.29) is 11.9 Å². The minimum atomic E-state index is -0.173. The van der Waals surface area contributed by atoms with E-state index in [0.29, 0.717) is 18.7 Å². The third-order valence-corrected chi connectivity index (χ3v) is 5.12. The van der Waals surface area contributed by atoms with Gasteiger partial charge in [0.15, 0.2) is 0 Å². The number of likely N-dealkylation sites (N-methyl/N-ethyl adjacent to an activating group) is 1. The van der Waals surface area contributed by atoms with Gasteiger partial charge >= 0.3 is 6.03 Å². The molecule has 0 aliphatic carbocycles. The number of nitrogens with zero attached hydrogens (tertiary/aromatic N) is 3. The Labute approximate surface area is 169 Å². The second kappa shape index (κ2) is 7.97. The van der Waals surface area contributed by atoms with E-state index in [1.54, 1.807) is 29.2 Å². The predicted molar refractivity (Wildman–Crippen MR) is 116 cm³/mol. The first-order valence-electron chi connectivity index (χ1n) is 9.72. The molecule has 2 heterocycles. The van der Waals surface area contributed by atoms with Crippen molar-refractivity contribution >= 4 is 34.2 Å². The van der Waals surface area contributed by atoms with Crippen LogP contribution in [0.25, 0.3) is 10.9 Å². The van der Waals surface area contributed by atoms with Gasteiger partial charge in [-0.3, -0.25) is 9.69 Å². The van der Waals surface area contributed by atoms with Gasteiger partial charge in [-0.25, -0.2) is 4.79 Å². The van der Waals surface area contributed by atoms with E-state index in [1.165, 1.54) is 0 Å². The molecule has 29 heavy (non-hydrogen) atoms. The Morgan fingerprint density at radius 2 is 1.93 bits per heavy atom. The van der Waals surface area contributed by atoms with Crippen LogP contribution in [0.3, 0.4) is 0 Å². The highest BCUT2D eigenvalue weighted by Crippen LogP contribution is 2.22. The standard InChI is InChI=1S/C22H25N5O2/c1-25(2)13-14-26-11-9-16-3-6-18(15-20(16)26)24-21(28)17-4-7-19(8-5-17)27-12-10-23-22(27)29/h3-9,11,15H,10,12-14H2,1-2H3,(H,23,29)(H,24,28). The lowest BCUT2D eigenvalue weighted by Gasteiger charge is -2.14. The quantitative estimate of drug-likeness (QED) is 0.679. The lowest BCUT2D eigenvalue weighted by Crippen LogP contribution is -2.27. The van der Waals surface area contributed by atoms with E-state index in [0.717, 1.165) is 35.4 Å². The molecule has 0 saturated carbocycles. The molecule has 1 aliphatic heterocycles. The zero-order valence-electron chi connectivity index (χ0n) is 16.7. The van der Waals surface area contributed by atoms with Crippen LogP contribution in [-0.2, 0) is 6.54 Å². The number of rotatable bonds is 6. The molecule has 3 amide bonds. The van der Waals surface area contributed by atoms with Crippen molar-refractivity contribution in [1.29, 1.82) is 0 Å². The molecule has 0 radical (unpaired) electrons. The largest absolute Gasteiger partial charge is 0.346 e. The van der Waals surface area contributed by atoms with Crippen LogP contribution in [-0.4, -0.2) is 55.1 Å². The molecule has 7 nitrogen and oxygen atoms in total. The fourth-order valence-corrected chi connectivity index (χ4v) is 3.48. The lowest BCUT2D eigenvalue weighted by atomic mass is 10.1. The van der Waals surface area contributed by atoms with Crippen LogP contribution in [0, 0.1) is 0 Å². The van der Waals surface area contributed by atoms with E-state index in [1.807, 2.05) is 18.2 Å². The molecular formula is C22H25N5O2. The number of hydrogen-bond donors (Lipinski definition) is 2. The fraction of sp³-hybridized carbons (Fsp3) is 0.273.